The SMILES string of the molecule is O=C(Nc1ccc(SCCN2CCCCC2)nn1)C1CC1. The summed E-state index contributed by atoms with van der Waals surface area (Å²) < 4.78 is 0. The van der Waals surface area contributed by atoms with E-state index < -0.39 is 0 Å². The molecule has 2 aliphatic rings. The monoisotopic (exact) mass is 306 g/mol. The number of aromatic nitrogens is 2. The van der Waals surface area contributed by atoms with Gasteiger partial charge in [0.15, 0.2) is 5.82 Å². The number of piperidine rings is 1. The lowest BCUT2D eigenvalue weighted by Gasteiger charge is -2.25. The Kier molecular flexibility index (Phi) is 5.08. The lowest BCUT2D eigenvalue weighted by molar-refractivity contribution is -0.117. The van der Waals surface area contributed by atoms with Crippen LogP contribution in [0.3, 0.4) is 0 Å². The summed E-state index contributed by atoms with van der Waals surface area (Å²) in [5.41, 5.74) is 0. The van der Waals surface area contributed by atoms with Gasteiger partial charge in [0.2, 0.25) is 5.91 Å². The molecule has 2 heterocycles. The van der Waals surface area contributed by atoms with E-state index >= 15 is 0 Å². The Morgan fingerprint density at radius 3 is 2.71 bits per heavy atom. The number of carbonyl (C=O) groups is 1. The van der Waals surface area contributed by atoms with Gasteiger partial charge < -0.3 is 10.2 Å². The lowest BCUT2D eigenvalue weighted by Crippen LogP contribution is -2.31. The van der Waals surface area contributed by atoms with Crippen molar-refractivity contribution in [3.8, 4) is 0 Å². The van der Waals surface area contributed by atoms with Crippen molar-refractivity contribution in [1.29, 1.82) is 0 Å². The third-order valence-corrected chi connectivity index (χ3v) is 4.85. The average Bonchev–Trinajstić information content (AvgIpc) is 3.35. The van der Waals surface area contributed by atoms with Crippen LogP contribution in [0.5, 0.6) is 0 Å². The lowest BCUT2D eigenvalue weighted by atomic mass is 10.1. The highest BCUT2D eigenvalue weighted by Gasteiger charge is 2.29. The Bertz CT molecular complexity index is 469. The first-order valence-electron chi connectivity index (χ1n) is 7.81. The van der Waals surface area contributed by atoms with Crippen molar-refractivity contribution in [1.82, 2.24) is 15.1 Å². The first-order valence-corrected chi connectivity index (χ1v) is 8.79. The summed E-state index contributed by atoms with van der Waals surface area (Å²) in [5.74, 6) is 1.88. The molecule has 0 bridgehead atoms. The minimum absolute atomic E-state index is 0.0785. The largest absolute Gasteiger partial charge is 0.309 e. The topological polar surface area (TPSA) is 58.1 Å². The van der Waals surface area contributed by atoms with Gasteiger partial charge in [-0.15, -0.1) is 22.0 Å². The fourth-order valence-electron chi connectivity index (χ4n) is 2.50. The molecule has 1 aliphatic carbocycles. The molecule has 3 rings (SSSR count). The van der Waals surface area contributed by atoms with Gasteiger partial charge >= 0.3 is 0 Å². The second kappa shape index (κ2) is 7.22. The number of nitrogens with one attached hydrogen (secondary N) is 1. The van der Waals surface area contributed by atoms with Crippen molar-refractivity contribution in [3.05, 3.63) is 12.1 Å². The first-order chi connectivity index (χ1) is 10.3. The molecule has 6 heteroatoms. The van der Waals surface area contributed by atoms with E-state index in [2.05, 4.69) is 20.4 Å². The zero-order chi connectivity index (χ0) is 14.5. The Hall–Kier alpha value is -1.14. The average molecular weight is 306 g/mol. The molecule has 1 aromatic heterocycles. The maximum absolute atomic E-state index is 11.6. The molecule has 1 aliphatic heterocycles. The van der Waals surface area contributed by atoms with Crippen LogP contribution in [-0.4, -0.2) is 46.4 Å². The zero-order valence-corrected chi connectivity index (χ0v) is 13.1. The number of rotatable bonds is 6. The van der Waals surface area contributed by atoms with E-state index in [1.165, 1.54) is 32.4 Å². The van der Waals surface area contributed by atoms with E-state index in [-0.39, 0.29) is 11.8 Å². The quantitative estimate of drug-likeness (QED) is 0.818. The molecule has 0 radical (unpaired) electrons. The van der Waals surface area contributed by atoms with E-state index in [9.17, 15) is 4.79 Å². The molecule has 1 saturated carbocycles. The Labute approximate surface area is 129 Å². The van der Waals surface area contributed by atoms with Crippen molar-refractivity contribution in [3.63, 3.8) is 0 Å². The second-order valence-electron chi connectivity index (χ2n) is 5.77. The van der Waals surface area contributed by atoms with Gasteiger partial charge in [0.25, 0.3) is 0 Å². The van der Waals surface area contributed by atoms with Crippen LogP contribution in [0.25, 0.3) is 0 Å². The third kappa shape index (κ3) is 4.68. The minimum Gasteiger partial charge on any atom is -0.309 e. The van der Waals surface area contributed by atoms with Gasteiger partial charge in [-0.25, -0.2) is 0 Å². The van der Waals surface area contributed by atoms with Crippen LogP contribution >= 0.6 is 11.8 Å². The predicted octanol–water partition coefficient (Wildman–Crippen LogP) is 2.40. The molecule has 1 amide bonds. The summed E-state index contributed by atoms with van der Waals surface area (Å²) >= 11 is 1.73. The van der Waals surface area contributed by atoms with Crippen LogP contribution in [0.15, 0.2) is 17.2 Å². The van der Waals surface area contributed by atoms with E-state index in [0.29, 0.717) is 5.82 Å². The van der Waals surface area contributed by atoms with Crippen LogP contribution in [0.4, 0.5) is 5.82 Å². The number of carbonyl (C=O) groups excluding carboxylic acids is 1. The van der Waals surface area contributed by atoms with Crippen LogP contribution in [0, 0.1) is 5.92 Å². The number of likely N-dealkylation sites (tertiary alicyclic amines) is 1. The normalized spacial score (nSPS) is 19.4. The van der Waals surface area contributed by atoms with Gasteiger partial charge in [-0.3, -0.25) is 4.79 Å². The zero-order valence-electron chi connectivity index (χ0n) is 12.3. The fraction of sp³-hybridized carbons (Fsp3) is 0.667. The molecule has 0 atom stereocenters. The summed E-state index contributed by atoms with van der Waals surface area (Å²) in [6.07, 6.45) is 6.05. The first kappa shape index (κ1) is 14.8. The molecule has 5 nitrogen and oxygen atoms in total. The van der Waals surface area contributed by atoms with Crippen molar-refractivity contribution < 1.29 is 4.79 Å². The fourth-order valence-corrected chi connectivity index (χ4v) is 3.32. The van der Waals surface area contributed by atoms with Crippen LogP contribution in [-0.2, 0) is 4.79 Å². The van der Waals surface area contributed by atoms with Gasteiger partial charge in [0, 0.05) is 18.2 Å². The van der Waals surface area contributed by atoms with Crippen LogP contribution in [0.2, 0.25) is 0 Å². The van der Waals surface area contributed by atoms with E-state index in [4.69, 9.17) is 0 Å². The maximum Gasteiger partial charge on any atom is 0.228 e. The van der Waals surface area contributed by atoms with E-state index in [0.717, 1.165) is 30.2 Å². The highest BCUT2D eigenvalue weighted by molar-refractivity contribution is 7.99. The summed E-state index contributed by atoms with van der Waals surface area (Å²) in [4.78, 5) is 14.1. The molecular weight excluding hydrogens is 284 g/mol. The predicted molar refractivity (Wildman–Crippen MR) is 84.4 cm³/mol. The van der Waals surface area contributed by atoms with Crippen molar-refractivity contribution >= 4 is 23.5 Å². The molecule has 0 unspecified atom stereocenters. The molecule has 1 aromatic rings. The molecule has 114 valence electrons. The molecule has 0 spiro atoms. The summed E-state index contributed by atoms with van der Waals surface area (Å²) in [7, 11) is 0. The standard InChI is InChI=1S/C15H22N4OS/c20-15(12-4-5-12)16-13-6-7-14(18-17-13)21-11-10-19-8-2-1-3-9-19/h6-7,12H,1-5,8-11H2,(H,16,17,20). The summed E-state index contributed by atoms with van der Waals surface area (Å²) in [5, 5.41) is 12.0. The van der Waals surface area contributed by atoms with Gasteiger partial charge in [-0.05, 0) is 50.9 Å². The van der Waals surface area contributed by atoms with E-state index in [1.54, 1.807) is 11.8 Å². The number of hydrogen-bond acceptors (Lipinski definition) is 5. The van der Waals surface area contributed by atoms with Crippen molar-refractivity contribution in [2.24, 2.45) is 5.92 Å². The molecular formula is C15H22N4OS. The number of nitrogens with zero attached hydrogens (tertiary/aromatic N) is 3. The van der Waals surface area contributed by atoms with Crippen molar-refractivity contribution in [2.75, 3.05) is 30.7 Å². The van der Waals surface area contributed by atoms with E-state index in [1.807, 2.05) is 12.1 Å². The smallest absolute Gasteiger partial charge is 0.228 e. The van der Waals surface area contributed by atoms with Crippen molar-refractivity contribution in [2.45, 2.75) is 37.1 Å². The number of thioether (sulfide) groups is 1. The summed E-state index contributed by atoms with van der Waals surface area (Å²) in [6, 6.07) is 3.78. The van der Waals surface area contributed by atoms with Gasteiger partial charge in [0.05, 0.1) is 0 Å². The van der Waals surface area contributed by atoms with Gasteiger partial charge in [0.1, 0.15) is 5.03 Å². The highest BCUT2D eigenvalue weighted by Crippen LogP contribution is 2.29. The number of hydrogen-bond donors (Lipinski definition) is 1. The molecule has 1 N–H and O–H groups in total. The second-order valence-corrected chi connectivity index (χ2v) is 6.89. The molecule has 0 aromatic carbocycles. The number of amides is 1. The maximum atomic E-state index is 11.6. The Morgan fingerprint density at radius 2 is 2.05 bits per heavy atom. The Morgan fingerprint density at radius 1 is 1.24 bits per heavy atom. The number of anilines is 1. The van der Waals surface area contributed by atoms with Gasteiger partial charge in [-0.2, -0.15) is 0 Å². The van der Waals surface area contributed by atoms with Gasteiger partial charge in [-0.1, -0.05) is 6.42 Å². The summed E-state index contributed by atoms with van der Waals surface area (Å²) in [6.45, 7) is 3.59. The van der Waals surface area contributed by atoms with Crippen LogP contribution < -0.4 is 5.32 Å². The minimum atomic E-state index is 0.0785. The van der Waals surface area contributed by atoms with Crippen LogP contribution in [0.1, 0.15) is 32.1 Å². The molecule has 21 heavy (non-hydrogen) atoms. The molecule has 2 fully saturated rings. The third-order valence-electron chi connectivity index (χ3n) is 3.95. The highest BCUT2D eigenvalue weighted by atomic mass is 32.2. The Balaban J connectivity index is 1.40. The molecule has 1 saturated heterocycles.